The molecule has 0 unspecified atom stereocenters. The predicted octanol–water partition coefficient (Wildman–Crippen LogP) is 0.502. The molecule has 1 N–H and O–H groups in total. The van der Waals surface area contributed by atoms with Gasteiger partial charge in [-0.3, -0.25) is 9.69 Å². The molecule has 1 saturated heterocycles. The Morgan fingerprint density at radius 2 is 2.45 bits per heavy atom. The summed E-state index contributed by atoms with van der Waals surface area (Å²) < 4.78 is 0. The molecule has 0 aromatic carbocycles. The Morgan fingerprint density at radius 3 is 2.82 bits per heavy atom. The molecule has 11 heavy (non-hydrogen) atoms. The molecule has 0 spiro atoms. The topological polar surface area (TPSA) is 32.3 Å². The van der Waals surface area contributed by atoms with Crippen LogP contribution in [0, 0.1) is 0 Å². The SMILES string of the molecule is CC[C@H](C)N1C(=O)CNC1=S. The quantitative estimate of drug-likeness (QED) is 0.616. The number of hydrogen-bond donors (Lipinski definition) is 1. The second-order valence-corrected chi connectivity index (χ2v) is 3.07. The number of hydrogen-bond acceptors (Lipinski definition) is 2. The van der Waals surface area contributed by atoms with Crippen LogP contribution < -0.4 is 5.32 Å². The first-order chi connectivity index (χ1) is 5.16. The summed E-state index contributed by atoms with van der Waals surface area (Å²) in [6, 6.07) is 0.227. The normalized spacial score (nSPS) is 20.4. The van der Waals surface area contributed by atoms with Gasteiger partial charge in [0.05, 0.1) is 6.54 Å². The highest BCUT2D eigenvalue weighted by atomic mass is 32.1. The van der Waals surface area contributed by atoms with Crippen LogP contribution in [0.5, 0.6) is 0 Å². The Labute approximate surface area is 71.8 Å². The molecule has 0 saturated carbocycles. The number of carbonyl (C=O) groups is 1. The molecule has 0 bridgehead atoms. The smallest absolute Gasteiger partial charge is 0.248 e. The molecule has 1 amide bonds. The summed E-state index contributed by atoms with van der Waals surface area (Å²) in [4.78, 5) is 12.8. The van der Waals surface area contributed by atoms with Crippen molar-refractivity contribution < 1.29 is 4.79 Å². The number of amides is 1. The van der Waals surface area contributed by atoms with Crippen LogP contribution >= 0.6 is 12.2 Å². The summed E-state index contributed by atoms with van der Waals surface area (Å²) in [7, 11) is 0. The Balaban J connectivity index is 2.68. The van der Waals surface area contributed by atoms with Crippen LogP contribution in [0.25, 0.3) is 0 Å². The second kappa shape index (κ2) is 3.17. The fourth-order valence-electron chi connectivity index (χ4n) is 1.06. The molecule has 1 atom stereocenters. The largest absolute Gasteiger partial charge is 0.353 e. The lowest BCUT2D eigenvalue weighted by Crippen LogP contribution is -2.38. The lowest BCUT2D eigenvalue weighted by atomic mass is 10.2. The number of nitrogens with zero attached hydrogens (tertiary/aromatic N) is 1. The first-order valence-corrected chi connectivity index (χ1v) is 4.17. The molecule has 4 heteroatoms. The van der Waals surface area contributed by atoms with E-state index in [0.717, 1.165) is 6.42 Å². The van der Waals surface area contributed by atoms with Gasteiger partial charge in [0.1, 0.15) is 0 Å². The van der Waals surface area contributed by atoms with E-state index in [1.807, 2.05) is 13.8 Å². The Morgan fingerprint density at radius 1 is 1.82 bits per heavy atom. The maximum Gasteiger partial charge on any atom is 0.248 e. The standard InChI is InChI=1S/C7H12N2OS/c1-3-5(2)9-6(10)4-8-7(9)11/h5H,3-4H2,1-2H3,(H,8,11)/t5-/m0/s1. The van der Waals surface area contributed by atoms with Gasteiger partial charge in [-0.15, -0.1) is 0 Å². The summed E-state index contributed by atoms with van der Waals surface area (Å²) in [6.45, 7) is 4.40. The molecule has 1 aliphatic rings. The first kappa shape index (κ1) is 8.46. The molecular weight excluding hydrogens is 160 g/mol. The molecular formula is C7H12N2OS. The molecule has 0 aliphatic carbocycles. The average molecular weight is 172 g/mol. The highest BCUT2D eigenvalue weighted by Crippen LogP contribution is 2.08. The van der Waals surface area contributed by atoms with Crippen molar-refractivity contribution in [1.82, 2.24) is 10.2 Å². The van der Waals surface area contributed by atoms with E-state index >= 15 is 0 Å². The molecule has 1 rings (SSSR count). The van der Waals surface area contributed by atoms with Crippen LogP contribution in [-0.4, -0.2) is 28.5 Å². The van der Waals surface area contributed by atoms with Crippen molar-refractivity contribution in [3.8, 4) is 0 Å². The zero-order valence-electron chi connectivity index (χ0n) is 6.76. The minimum absolute atomic E-state index is 0.0874. The van der Waals surface area contributed by atoms with Crippen LogP contribution in [0.1, 0.15) is 20.3 Å². The first-order valence-electron chi connectivity index (χ1n) is 3.76. The van der Waals surface area contributed by atoms with Crippen molar-refractivity contribution in [2.45, 2.75) is 26.3 Å². The Kier molecular flexibility index (Phi) is 2.44. The van der Waals surface area contributed by atoms with Crippen molar-refractivity contribution in [2.24, 2.45) is 0 Å². The Hall–Kier alpha value is -0.640. The minimum atomic E-state index is 0.0874. The van der Waals surface area contributed by atoms with Gasteiger partial charge in [0.25, 0.3) is 0 Å². The lowest BCUT2D eigenvalue weighted by molar-refractivity contribution is -0.125. The minimum Gasteiger partial charge on any atom is -0.353 e. The zero-order chi connectivity index (χ0) is 8.43. The van der Waals surface area contributed by atoms with Crippen molar-refractivity contribution in [2.75, 3.05) is 6.54 Å². The van der Waals surface area contributed by atoms with Crippen LogP contribution in [0.2, 0.25) is 0 Å². The maximum atomic E-state index is 11.2. The fourth-order valence-corrected chi connectivity index (χ4v) is 1.42. The van der Waals surface area contributed by atoms with Crippen molar-refractivity contribution in [1.29, 1.82) is 0 Å². The van der Waals surface area contributed by atoms with Crippen molar-refractivity contribution in [3.05, 3.63) is 0 Å². The zero-order valence-corrected chi connectivity index (χ0v) is 7.57. The summed E-state index contributed by atoms with van der Waals surface area (Å²) in [6.07, 6.45) is 0.938. The van der Waals surface area contributed by atoms with Gasteiger partial charge in [-0.2, -0.15) is 0 Å². The highest BCUT2D eigenvalue weighted by Gasteiger charge is 2.28. The van der Waals surface area contributed by atoms with Crippen LogP contribution in [0.4, 0.5) is 0 Å². The Bertz CT molecular complexity index is 177. The number of carbonyl (C=O) groups excluding carboxylic acids is 1. The molecule has 1 fully saturated rings. The summed E-state index contributed by atoms with van der Waals surface area (Å²) in [5.74, 6) is 0.0874. The third-order valence-electron chi connectivity index (χ3n) is 1.91. The van der Waals surface area contributed by atoms with Crippen molar-refractivity contribution >= 4 is 23.2 Å². The van der Waals surface area contributed by atoms with Gasteiger partial charge in [0, 0.05) is 6.04 Å². The predicted molar refractivity (Wildman–Crippen MR) is 47.2 cm³/mol. The van der Waals surface area contributed by atoms with E-state index in [1.54, 1.807) is 4.90 Å². The molecule has 1 aliphatic heterocycles. The third-order valence-corrected chi connectivity index (χ3v) is 2.25. The molecule has 3 nitrogen and oxygen atoms in total. The van der Waals surface area contributed by atoms with Gasteiger partial charge in [-0.1, -0.05) is 6.92 Å². The summed E-state index contributed by atoms with van der Waals surface area (Å²) in [5.41, 5.74) is 0. The van der Waals surface area contributed by atoms with E-state index in [9.17, 15) is 4.79 Å². The lowest BCUT2D eigenvalue weighted by Gasteiger charge is -2.21. The maximum absolute atomic E-state index is 11.2. The van der Waals surface area contributed by atoms with Gasteiger partial charge in [0.2, 0.25) is 5.91 Å². The van der Waals surface area contributed by atoms with Crippen molar-refractivity contribution in [3.63, 3.8) is 0 Å². The van der Waals surface area contributed by atoms with E-state index in [2.05, 4.69) is 5.32 Å². The van der Waals surface area contributed by atoms with E-state index in [4.69, 9.17) is 12.2 Å². The van der Waals surface area contributed by atoms with E-state index < -0.39 is 0 Å². The summed E-state index contributed by atoms with van der Waals surface area (Å²) >= 11 is 4.95. The van der Waals surface area contributed by atoms with E-state index in [-0.39, 0.29) is 11.9 Å². The number of nitrogens with one attached hydrogen (secondary N) is 1. The molecule has 0 aromatic rings. The van der Waals surface area contributed by atoms with E-state index in [0.29, 0.717) is 11.7 Å². The number of rotatable bonds is 2. The molecule has 62 valence electrons. The fraction of sp³-hybridized carbons (Fsp3) is 0.714. The van der Waals surface area contributed by atoms with Gasteiger partial charge < -0.3 is 5.32 Å². The van der Waals surface area contributed by atoms with Gasteiger partial charge in [-0.05, 0) is 25.6 Å². The third kappa shape index (κ3) is 1.50. The van der Waals surface area contributed by atoms with Gasteiger partial charge in [0.15, 0.2) is 5.11 Å². The monoisotopic (exact) mass is 172 g/mol. The molecule has 1 heterocycles. The van der Waals surface area contributed by atoms with Crippen LogP contribution in [0.15, 0.2) is 0 Å². The second-order valence-electron chi connectivity index (χ2n) is 2.68. The summed E-state index contributed by atoms with van der Waals surface area (Å²) in [5, 5.41) is 3.42. The van der Waals surface area contributed by atoms with Crippen LogP contribution in [-0.2, 0) is 4.79 Å². The average Bonchev–Trinajstić information content (AvgIpc) is 2.30. The highest BCUT2D eigenvalue weighted by molar-refractivity contribution is 7.80. The van der Waals surface area contributed by atoms with E-state index in [1.165, 1.54) is 0 Å². The molecule has 0 aromatic heterocycles. The van der Waals surface area contributed by atoms with Gasteiger partial charge in [-0.25, -0.2) is 0 Å². The number of thiocarbonyl (C=S) groups is 1. The van der Waals surface area contributed by atoms with Gasteiger partial charge >= 0.3 is 0 Å². The molecule has 0 radical (unpaired) electrons. The van der Waals surface area contributed by atoms with Crippen LogP contribution in [0.3, 0.4) is 0 Å².